The number of phenols is 1. The number of amidine groups is 1. The number of phenolic OH excluding ortho intramolecular Hbond substituents is 1. The SMILES string of the molecule is Cc1cc(O)ccc1-n1nc(C)c(/C(N)=N/O)c1-n1c(C)ccc1C. The molecular weight excluding hydrogens is 318 g/mol. The summed E-state index contributed by atoms with van der Waals surface area (Å²) in [6.45, 7) is 7.69. The van der Waals surface area contributed by atoms with E-state index in [0.717, 1.165) is 22.6 Å². The molecule has 0 saturated carbocycles. The Morgan fingerprint density at radius 2 is 1.72 bits per heavy atom. The van der Waals surface area contributed by atoms with Crippen molar-refractivity contribution in [3.63, 3.8) is 0 Å². The minimum atomic E-state index is 0.00248. The molecule has 130 valence electrons. The minimum Gasteiger partial charge on any atom is -0.508 e. The van der Waals surface area contributed by atoms with Crippen molar-refractivity contribution in [3.8, 4) is 17.3 Å². The lowest BCUT2D eigenvalue weighted by Crippen LogP contribution is -2.18. The van der Waals surface area contributed by atoms with Gasteiger partial charge in [0, 0.05) is 11.4 Å². The van der Waals surface area contributed by atoms with Gasteiger partial charge in [0.05, 0.1) is 16.9 Å². The second-order valence-electron chi connectivity index (χ2n) is 6.10. The highest BCUT2D eigenvalue weighted by molar-refractivity contribution is 6.01. The van der Waals surface area contributed by atoms with Crippen LogP contribution in [-0.4, -0.2) is 30.5 Å². The predicted molar refractivity (Wildman–Crippen MR) is 96.0 cm³/mol. The number of nitrogens with zero attached hydrogens (tertiary/aromatic N) is 4. The van der Waals surface area contributed by atoms with Crippen LogP contribution in [0.4, 0.5) is 0 Å². The van der Waals surface area contributed by atoms with Gasteiger partial charge in [0.1, 0.15) is 5.75 Å². The lowest BCUT2D eigenvalue weighted by Gasteiger charge is -2.16. The number of oxime groups is 1. The normalized spacial score (nSPS) is 11.9. The Hall–Kier alpha value is -3.22. The van der Waals surface area contributed by atoms with Crippen LogP contribution < -0.4 is 5.73 Å². The fraction of sp³-hybridized carbons (Fsp3) is 0.222. The van der Waals surface area contributed by atoms with Crippen LogP contribution in [0.2, 0.25) is 0 Å². The van der Waals surface area contributed by atoms with Gasteiger partial charge >= 0.3 is 0 Å². The average molecular weight is 339 g/mol. The highest BCUT2D eigenvalue weighted by atomic mass is 16.4. The number of hydrogen-bond acceptors (Lipinski definition) is 4. The molecule has 0 bridgehead atoms. The lowest BCUT2D eigenvalue weighted by molar-refractivity contribution is 0.318. The number of aromatic hydroxyl groups is 1. The van der Waals surface area contributed by atoms with Gasteiger partial charge in [-0.1, -0.05) is 5.16 Å². The van der Waals surface area contributed by atoms with Crippen molar-refractivity contribution in [3.05, 3.63) is 58.5 Å². The first-order chi connectivity index (χ1) is 11.8. The van der Waals surface area contributed by atoms with Crippen molar-refractivity contribution < 1.29 is 10.3 Å². The van der Waals surface area contributed by atoms with Crippen LogP contribution in [0.25, 0.3) is 11.5 Å². The van der Waals surface area contributed by atoms with Gasteiger partial charge < -0.3 is 20.6 Å². The molecule has 0 aliphatic rings. The first kappa shape index (κ1) is 16.6. The molecule has 0 amide bonds. The molecule has 2 aromatic heterocycles. The minimum absolute atomic E-state index is 0.00248. The number of benzene rings is 1. The molecule has 0 saturated heterocycles. The average Bonchev–Trinajstić information content (AvgIpc) is 3.06. The molecule has 25 heavy (non-hydrogen) atoms. The second kappa shape index (κ2) is 6.01. The molecule has 0 aliphatic carbocycles. The first-order valence-electron chi connectivity index (χ1n) is 7.88. The van der Waals surface area contributed by atoms with Crippen LogP contribution in [0, 0.1) is 27.7 Å². The summed E-state index contributed by atoms with van der Waals surface area (Å²) < 4.78 is 3.77. The van der Waals surface area contributed by atoms with Crippen molar-refractivity contribution >= 4 is 5.84 Å². The van der Waals surface area contributed by atoms with E-state index in [4.69, 9.17) is 5.73 Å². The summed E-state index contributed by atoms with van der Waals surface area (Å²) >= 11 is 0. The first-order valence-corrected chi connectivity index (χ1v) is 7.88. The van der Waals surface area contributed by atoms with Gasteiger partial charge in [-0.3, -0.25) is 0 Å². The molecule has 0 aliphatic heterocycles. The van der Waals surface area contributed by atoms with Crippen LogP contribution in [0.1, 0.15) is 28.2 Å². The Morgan fingerprint density at radius 3 is 2.28 bits per heavy atom. The van der Waals surface area contributed by atoms with Crippen molar-refractivity contribution in [1.29, 1.82) is 0 Å². The molecule has 2 heterocycles. The maximum Gasteiger partial charge on any atom is 0.175 e. The van der Waals surface area contributed by atoms with Gasteiger partial charge in [-0.05, 0) is 63.6 Å². The highest BCUT2D eigenvalue weighted by Gasteiger charge is 2.24. The molecule has 0 fully saturated rings. The van der Waals surface area contributed by atoms with Gasteiger partial charge in [0.15, 0.2) is 11.7 Å². The third kappa shape index (κ3) is 2.63. The third-order valence-electron chi connectivity index (χ3n) is 4.29. The van der Waals surface area contributed by atoms with Crippen LogP contribution in [0.5, 0.6) is 5.75 Å². The maximum absolute atomic E-state index is 9.70. The van der Waals surface area contributed by atoms with Gasteiger partial charge in [-0.25, -0.2) is 4.68 Å². The van der Waals surface area contributed by atoms with Gasteiger partial charge in [0.2, 0.25) is 0 Å². The summed E-state index contributed by atoms with van der Waals surface area (Å²) in [5, 5.41) is 26.7. The summed E-state index contributed by atoms with van der Waals surface area (Å²) in [6.07, 6.45) is 0. The predicted octanol–water partition coefficient (Wildman–Crippen LogP) is 2.70. The maximum atomic E-state index is 9.70. The Morgan fingerprint density at radius 1 is 1.08 bits per heavy atom. The zero-order chi connectivity index (χ0) is 18.3. The second-order valence-corrected chi connectivity index (χ2v) is 6.10. The Labute approximate surface area is 145 Å². The van der Waals surface area contributed by atoms with E-state index in [-0.39, 0.29) is 11.6 Å². The fourth-order valence-electron chi connectivity index (χ4n) is 3.12. The topological polar surface area (TPSA) is 102 Å². The molecule has 3 aromatic rings. The van der Waals surface area contributed by atoms with Crippen LogP contribution in [0.3, 0.4) is 0 Å². The molecule has 1 aromatic carbocycles. The zero-order valence-corrected chi connectivity index (χ0v) is 14.6. The quantitative estimate of drug-likeness (QED) is 0.295. The molecule has 0 radical (unpaired) electrons. The molecule has 7 nitrogen and oxygen atoms in total. The van der Waals surface area contributed by atoms with E-state index in [0.29, 0.717) is 17.1 Å². The summed E-state index contributed by atoms with van der Waals surface area (Å²) in [5.41, 5.74) is 10.8. The molecule has 0 unspecified atom stereocenters. The summed E-state index contributed by atoms with van der Waals surface area (Å²) in [5.74, 6) is 0.890. The van der Waals surface area contributed by atoms with E-state index in [9.17, 15) is 10.3 Å². The van der Waals surface area contributed by atoms with Crippen LogP contribution in [0.15, 0.2) is 35.5 Å². The van der Waals surface area contributed by atoms with Gasteiger partial charge in [-0.2, -0.15) is 5.10 Å². The van der Waals surface area contributed by atoms with Crippen molar-refractivity contribution in [1.82, 2.24) is 14.3 Å². The standard InChI is InChI=1S/C18H21N5O2/c1-10-9-14(24)7-8-15(10)23-18(22-11(2)5-6-12(22)3)16(13(4)20-23)17(19)21-25/h5-9,24-25H,1-4H3,(H2,19,21). The van der Waals surface area contributed by atoms with E-state index < -0.39 is 0 Å². The van der Waals surface area contributed by atoms with Gasteiger partial charge in [0.25, 0.3) is 0 Å². The Balaban J connectivity index is 2.41. The van der Waals surface area contributed by atoms with Crippen LogP contribution in [-0.2, 0) is 0 Å². The summed E-state index contributed by atoms with van der Waals surface area (Å²) in [4.78, 5) is 0. The van der Waals surface area contributed by atoms with E-state index in [2.05, 4.69) is 10.3 Å². The lowest BCUT2D eigenvalue weighted by atomic mass is 10.2. The van der Waals surface area contributed by atoms with E-state index in [1.807, 2.05) is 44.4 Å². The molecular formula is C18H21N5O2. The number of hydrogen-bond donors (Lipinski definition) is 3. The largest absolute Gasteiger partial charge is 0.508 e. The zero-order valence-electron chi connectivity index (χ0n) is 14.6. The van der Waals surface area contributed by atoms with E-state index in [1.165, 1.54) is 0 Å². The number of aryl methyl sites for hydroxylation is 4. The monoisotopic (exact) mass is 339 g/mol. The Kier molecular flexibility index (Phi) is 4.00. The van der Waals surface area contributed by atoms with Crippen LogP contribution >= 0.6 is 0 Å². The van der Waals surface area contributed by atoms with Crippen molar-refractivity contribution in [2.24, 2.45) is 10.9 Å². The van der Waals surface area contributed by atoms with Gasteiger partial charge in [-0.15, -0.1) is 0 Å². The van der Waals surface area contributed by atoms with E-state index in [1.54, 1.807) is 22.9 Å². The Bertz CT molecular complexity index is 962. The third-order valence-corrected chi connectivity index (χ3v) is 4.29. The molecule has 0 spiro atoms. The molecule has 3 rings (SSSR count). The highest BCUT2D eigenvalue weighted by Crippen LogP contribution is 2.28. The number of nitrogens with two attached hydrogens (primary N) is 1. The van der Waals surface area contributed by atoms with Crippen molar-refractivity contribution in [2.45, 2.75) is 27.7 Å². The summed E-state index contributed by atoms with van der Waals surface area (Å²) in [6, 6.07) is 9.09. The fourth-order valence-corrected chi connectivity index (χ4v) is 3.12. The summed E-state index contributed by atoms with van der Waals surface area (Å²) in [7, 11) is 0. The molecule has 4 N–H and O–H groups in total. The molecule has 0 atom stereocenters. The van der Waals surface area contributed by atoms with E-state index >= 15 is 0 Å². The number of aromatic nitrogens is 3. The smallest absolute Gasteiger partial charge is 0.175 e. The number of rotatable bonds is 3. The molecule has 7 heteroatoms. The van der Waals surface area contributed by atoms with Crippen molar-refractivity contribution in [2.75, 3.05) is 0 Å².